The van der Waals surface area contributed by atoms with Gasteiger partial charge in [-0.15, -0.1) is 11.3 Å². The Morgan fingerprint density at radius 2 is 2.32 bits per heavy atom. The molecule has 0 aliphatic carbocycles. The highest BCUT2D eigenvalue weighted by Crippen LogP contribution is 2.35. The number of rotatable bonds is 4. The van der Waals surface area contributed by atoms with Gasteiger partial charge in [0.2, 0.25) is 0 Å². The predicted octanol–water partition coefficient (Wildman–Crippen LogP) is 2.75. The maximum Gasteiger partial charge on any atom is 0.263 e. The molecule has 0 bridgehead atoms. The van der Waals surface area contributed by atoms with E-state index in [1.165, 1.54) is 11.3 Å². The minimum Gasteiger partial charge on any atom is -0.397 e. The first-order chi connectivity index (χ1) is 8.99. The number of aliphatic hydroxyl groups excluding tert-OH is 1. The van der Waals surface area contributed by atoms with Crippen molar-refractivity contribution < 1.29 is 9.90 Å². The van der Waals surface area contributed by atoms with Gasteiger partial charge in [-0.2, -0.15) is 0 Å². The first-order valence-electron chi connectivity index (χ1n) is 5.93. The number of thiophene rings is 1. The smallest absolute Gasteiger partial charge is 0.263 e. The summed E-state index contributed by atoms with van der Waals surface area (Å²) in [5.74, 6) is -0.185. The van der Waals surface area contributed by atoms with Crippen molar-refractivity contribution in [3.8, 4) is 0 Å². The second-order valence-electron chi connectivity index (χ2n) is 4.38. The Bertz CT molecular complexity index is 610. The minimum atomic E-state index is -0.420. The van der Waals surface area contributed by atoms with Gasteiger partial charge in [0.1, 0.15) is 4.88 Å². The number of carbonyl (C=O) groups is 1. The van der Waals surface area contributed by atoms with E-state index in [4.69, 9.17) is 10.8 Å². The fourth-order valence-corrected chi connectivity index (χ4v) is 3.11. The number of halogens is 1. The van der Waals surface area contributed by atoms with E-state index < -0.39 is 6.10 Å². The van der Waals surface area contributed by atoms with Gasteiger partial charge in [-0.25, -0.2) is 0 Å². The fraction of sp³-hybridized carbons (Fsp3) is 0.308. The van der Waals surface area contributed by atoms with Gasteiger partial charge < -0.3 is 16.2 Å². The van der Waals surface area contributed by atoms with Crippen LogP contribution in [0.15, 0.2) is 22.7 Å². The van der Waals surface area contributed by atoms with E-state index in [0.717, 1.165) is 14.6 Å². The molecule has 4 nitrogen and oxygen atoms in total. The topological polar surface area (TPSA) is 75.3 Å². The number of benzene rings is 1. The summed E-state index contributed by atoms with van der Waals surface area (Å²) in [7, 11) is 0. The Labute approximate surface area is 123 Å². The van der Waals surface area contributed by atoms with Crippen molar-refractivity contribution in [3.05, 3.63) is 27.5 Å². The molecular formula is C13H15BrN2O2S. The largest absolute Gasteiger partial charge is 0.397 e. The van der Waals surface area contributed by atoms with Gasteiger partial charge in [0.05, 0.1) is 11.8 Å². The molecule has 0 fully saturated rings. The molecule has 2 aromatic rings. The second-order valence-corrected chi connectivity index (χ2v) is 6.35. The Kier molecular flexibility index (Phi) is 4.44. The third-order valence-corrected chi connectivity index (χ3v) is 4.42. The average Bonchev–Trinajstić information content (AvgIpc) is 2.66. The number of aliphatic hydroxyl groups is 1. The highest BCUT2D eigenvalue weighted by molar-refractivity contribution is 9.10. The maximum absolute atomic E-state index is 12.0. The lowest BCUT2D eigenvalue weighted by Crippen LogP contribution is -2.26. The predicted molar refractivity (Wildman–Crippen MR) is 82.6 cm³/mol. The van der Waals surface area contributed by atoms with Crippen LogP contribution in [0, 0.1) is 0 Å². The van der Waals surface area contributed by atoms with Gasteiger partial charge in [0, 0.05) is 21.1 Å². The Balaban J connectivity index is 2.20. The molecule has 4 N–H and O–H groups in total. The Morgan fingerprint density at radius 1 is 1.58 bits per heavy atom. The van der Waals surface area contributed by atoms with Gasteiger partial charge in [-0.1, -0.05) is 15.9 Å². The number of anilines is 1. The van der Waals surface area contributed by atoms with Crippen molar-refractivity contribution in [2.75, 3.05) is 12.3 Å². The molecule has 6 heteroatoms. The van der Waals surface area contributed by atoms with Gasteiger partial charge >= 0.3 is 0 Å². The van der Waals surface area contributed by atoms with Gasteiger partial charge in [0.25, 0.3) is 5.91 Å². The number of nitrogens with two attached hydrogens (primary N) is 1. The second kappa shape index (κ2) is 5.90. The zero-order valence-electron chi connectivity index (χ0n) is 10.4. The third kappa shape index (κ3) is 3.26. The summed E-state index contributed by atoms with van der Waals surface area (Å²) in [6.45, 7) is 2.13. The van der Waals surface area contributed by atoms with Crippen LogP contribution < -0.4 is 11.1 Å². The number of amides is 1. The van der Waals surface area contributed by atoms with Crippen LogP contribution in [0.4, 0.5) is 5.69 Å². The zero-order valence-corrected chi connectivity index (χ0v) is 12.8. The molecule has 0 radical (unpaired) electrons. The van der Waals surface area contributed by atoms with Crippen molar-refractivity contribution in [2.24, 2.45) is 0 Å². The summed E-state index contributed by atoms with van der Waals surface area (Å²) >= 11 is 4.77. The highest BCUT2D eigenvalue weighted by atomic mass is 79.9. The molecule has 0 saturated heterocycles. The molecule has 1 atom stereocenters. The molecule has 1 amide bonds. The number of nitrogens with one attached hydrogen (secondary N) is 1. The third-order valence-electron chi connectivity index (χ3n) is 2.74. The van der Waals surface area contributed by atoms with Crippen LogP contribution >= 0.6 is 27.3 Å². The number of fused-ring (bicyclic) bond motifs is 1. The lowest BCUT2D eigenvalue weighted by molar-refractivity contribution is 0.0950. The summed E-state index contributed by atoms with van der Waals surface area (Å²) < 4.78 is 1.92. The summed E-state index contributed by atoms with van der Waals surface area (Å²) in [6.07, 6.45) is 0.109. The average molecular weight is 343 g/mol. The Hall–Kier alpha value is -1.11. The normalized spacial score (nSPS) is 12.6. The SMILES string of the molecule is CC(O)CCNC(=O)c1sc2ccc(Br)cc2c1N. The molecule has 0 saturated carbocycles. The van der Waals surface area contributed by atoms with Crippen molar-refractivity contribution in [3.63, 3.8) is 0 Å². The van der Waals surface area contributed by atoms with Crippen LogP contribution in [0.3, 0.4) is 0 Å². The van der Waals surface area contributed by atoms with E-state index in [2.05, 4.69) is 21.2 Å². The van der Waals surface area contributed by atoms with Crippen molar-refractivity contribution >= 4 is 48.9 Å². The lowest BCUT2D eigenvalue weighted by Gasteiger charge is -2.05. The molecule has 1 aromatic carbocycles. The molecule has 19 heavy (non-hydrogen) atoms. The van der Waals surface area contributed by atoms with Crippen LogP contribution in [0.25, 0.3) is 10.1 Å². The number of hydrogen-bond acceptors (Lipinski definition) is 4. The summed E-state index contributed by atoms with van der Waals surface area (Å²) in [4.78, 5) is 12.6. The van der Waals surface area contributed by atoms with E-state index >= 15 is 0 Å². The fourth-order valence-electron chi connectivity index (χ4n) is 1.73. The molecule has 0 aliphatic heterocycles. The first-order valence-corrected chi connectivity index (χ1v) is 7.53. The van der Waals surface area contributed by atoms with E-state index in [0.29, 0.717) is 23.5 Å². The van der Waals surface area contributed by atoms with Crippen LogP contribution in [-0.2, 0) is 0 Å². The monoisotopic (exact) mass is 342 g/mol. The molecule has 2 rings (SSSR count). The molecule has 1 unspecified atom stereocenters. The van der Waals surface area contributed by atoms with E-state index in [1.807, 2.05) is 18.2 Å². The maximum atomic E-state index is 12.0. The zero-order chi connectivity index (χ0) is 14.0. The number of carbonyl (C=O) groups excluding carboxylic acids is 1. The van der Waals surface area contributed by atoms with E-state index in [9.17, 15) is 4.79 Å². The van der Waals surface area contributed by atoms with Gasteiger partial charge in [-0.05, 0) is 31.5 Å². The van der Waals surface area contributed by atoms with Gasteiger partial charge in [0.15, 0.2) is 0 Å². The molecule has 1 heterocycles. The number of hydrogen-bond donors (Lipinski definition) is 3. The van der Waals surface area contributed by atoms with Crippen LogP contribution in [0.2, 0.25) is 0 Å². The van der Waals surface area contributed by atoms with Crippen LogP contribution in [0.1, 0.15) is 23.0 Å². The molecule has 1 aromatic heterocycles. The van der Waals surface area contributed by atoms with E-state index in [1.54, 1.807) is 6.92 Å². The molecule has 0 aliphatic rings. The minimum absolute atomic E-state index is 0.185. The van der Waals surface area contributed by atoms with Crippen molar-refractivity contribution in [2.45, 2.75) is 19.4 Å². The quantitative estimate of drug-likeness (QED) is 0.799. The summed E-state index contributed by atoms with van der Waals surface area (Å²) in [5, 5.41) is 12.8. The van der Waals surface area contributed by atoms with Crippen LogP contribution in [0.5, 0.6) is 0 Å². The highest BCUT2D eigenvalue weighted by Gasteiger charge is 2.16. The Morgan fingerprint density at radius 3 is 3.00 bits per heavy atom. The number of nitrogen functional groups attached to an aromatic ring is 1. The van der Waals surface area contributed by atoms with Crippen molar-refractivity contribution in [1.82, 2.24) is 5.32 Å². The molecule has 0 spiro atoms. The lowest BCUT2D eigenvalue weighted by atomic mass is 10.2. The van der Waals surface area contributed by atoms with Crippen LogP contribution in [-0.4, -0.2) is 23.7 Å². The van der Waals surface area contributed by atoms with E-state index in [-0.39, 0.29) is 5.91 Å². The summed E-state index contributed by atoms with van der Waals surface area (Å²) in [5.41, 5.74) is 6.53. The standard InChI is InChI=1S/C13H15BrN2O2S/c1-7(17)4-5-16-13(18)12-11(15)9-6-8(14)2-3-10(9)19-12/h2-3,6-7,17H,4-5,15H2,1H3,(H,16,18). The molecule has 102 valence electrons. The van der Waals surface area contributed by atoms with Crippen molar-refractivity contribution in [1.29, 1.82) is 0 Å². The van der Waals surface area contributed by atoms with Gasteiger partial charge in [-0.3, -0.25) is 4.79 Å². The molecular weight excluding hydrogens is 328 g/mol. The first kappa shape index (κ1) is 14.3. The summed E-state index contributed by atoms with van der Waals surface area (Å²) in [6, 6.07) is 5.77.